The Labute approximate surface area is 237 Å². The van der Waals surface area contributed by atoms with E-state index in [2.05, 4.69) is 48.2 Å². The molecule has 0 radical (unpaired) electrons. The van der Waals surface area contributed by atoms with Crippen LogP contribution in [0, 0.1) is 9.49 Å². The number of amides is 3. The van der Waals surface area contributed by atoms with Crippen LogP contribution in [0.15, 0.2) is 29.3 Å². The van der Waals surface area contributed by atoms with Crippen molar-refractivity contribution in [3.63, 3.8) is 0 Å². The number of rotatable bonds is 4. The molecular weight excluding hydrogens is 625 g/mol. The molecule has 0 bridgehead atoms. The van der Waals surface area contributed by atoms with Crippen LogP contribution in [0.1, 0.15) is 35.3 Å². The average molecular weight is 652 g/mol. The largest absolute Gasteiger partial charge is 0.382 e. The van der Waals surface area contributed by atoms with Gasteiger partial charge in [-0.2, -0.15) is 4.99 Å². The molecule has 2 aromatic rings. The Bertz CT molecular complexity index is 1310. The monoisotopic (exact) mass is 651 g/mol. The Kier molecular flexibility index (Phi) is 7.31. The normalized spacial score (nSPS) is 21.6. The number of hydrogen-bond donors (Lipinski definition) is 4. The number of anilines is 2. The molecule has 14 heteroatoms. The number of piperidine rings is 1. The van der Waals surface area contributed by atoms with E-state index in [0.717, 1.165) is 9.13 Å². The Morgan fingerprint density at radius 3 is 2.58 bits per heavy atom. The molecule has 1 aromatic heterocycles. The fourth-order valence-corrected chi connectivity index (χ4v) is 5.52. The van der Waals surface area contributed by atoms with Crippen molar-refractivity contribution in [2.24, 2.45) is 10.9 Å². The molecule has 1 atom stereocenters. The molecule has 4 heterocycles. The topological polar surface area (TPSA) is 172 Å². The van der Waals surface area contributed by atoms with Gasteiger partial charge in [0.25, 0.3) is 0 Å². The van der Waals surface area contributed by atoms with Crippen LogP contribution in [0.4, 0.5) is 11.6 Å². The Balaban J connectivity index is 1.15. The van der Waals surface area contributed by atoms with Gasteiger partial charge in [-0.1, -0.05) is 23.7 Å². The number of aromatic nitrogens is 2. The minimum Gasteiger partial charge on any atom is -0.382 e. The van der Waals surface area contributed by atoms with E-state index in [1.54, 1.807) is 4.90 Å². The van der Waals surface area contributed by atoms with Gasteiger partial charge in [0.05, 0.1) is 11.5 Å². The number of carbonyl (C=O) groups excluding carboxylic acids is 3. The van der Waals surface area contributed by atoms with Gasteiger partial charge in [-0.15, -0.1) is 0 Å². The van der Waals surface area contributed by atoms with Crippen LogP contribution in [0.5, 0.6) is 0 Å². The third kappa shape index (κ3) is 5.48. The third-order valence-electron chi connectivity index (χ3n) is 7.18. The van der Waals surface area contributed by atoms with E-state index in [9.17, 15) is 14.4 Å². The lowest BCUT2D eigenvalue weighted by Gasteiger charge is -2.39. The first-order valence-electron chi connectivity index (χ1n) is 12.2. The summed E-state index contributed by atoms with van der Waals surface area (Å²) >= 11 is 8.11. The molecule has 0 saturated carbocycles. The number of hydrogen-bond acceptors (Lipinski definition) is 7. The van der Waals surface area contributed by atoms with Crippen LogP contribution in [-0.2, 0) is 16.1 Å². The minimum atomic E-state index is -0.697. The summed E-state index contributed by atoms with van der Waals surface area (Å²) in [5, 5.41) is 6.29. The van der Waals surface area contributed by atoms with Gasteiger partial charge in [0.2, 0.25) is 11.8 Å². The first kappa shape index (κ1) is 26.4. The van der Waals surface area contributed by atoms with Gasteiger partial charge in [0.1, 0.15) is 0 Å². The number of nitrogen functional groups attached to an aromatic ring is 2. The summed E-state index contributed by atoms with van der Waals surface area (Å²) in [6, 6.07) is 8.04. The number of aliphatic imine (C=N–C) groups is 1. The number of guanidine groups is 1. The molecule has 200 valence electrons. The first-order chi connectivity index (χ1) is 18.1. The second-order valence-corrected chi connectivity index (χ2v) is 11.4. The number of nitrogens with two attached hydrogens (primary N) is 2. The van der Waals surface area contributed by atoms with E-state index >= 15 is 0 Å². The maximum Gasteiger partial charge on any atom is 0.302 e. The summed E-state index contributed by atoms with van der Waals surface area (Å²) in [6.07, 6.45) is 1.58. The lowest BCUT2D eigenvalue weighted by Crippen LogP contribution is -2.54. The van der Waals surface area contributed by atoms with Gasteiger partial charge in [-0.25, -0.2) is 9.97 Å². The van der Waals surface area contributed by atoms with Gasteiger partial charge in [-0.3, -0.25) is 14.4 Å². The Morgan fingerprint density at radius 2 is 1.87 bits per heavy atom. The lowest BCUT2D eigenvalue weighted by atomic mass is 9.88. The van der Waals surface area contributed by atoms with E-state index in [1.165, 1.54) is 0 Å². The van der Waals surface area contributed by atoms with Crippen molar-refractivity contribution in [1.29, 1.82) is 0 Å². The smallest absolute Gasteiger partial charge is 0.302 e. The SMILES string of the molecule is Nc1nc(N)c(C(=O)/N=C2\NCC3(CCN(C(=O)C4CC(=O)N(Cc5ccc(I)cc5)C4)CC3)N2)nc1Cl. The van der Waals surface area contributed by atoms with E-state index in [-0.39, 0.29) is 52.2 Å². The second-order valence-electron chi connectivity index (χ2n) is 9.79. The zero-order valence-corrected chi connectivity index (χ0v) is 23.3. The predicted octanol–water partition coefficient (Wildman–Crippen LogP) is 0.998. The van der Waals surface area contributed by atoms with Crippen molar-refractivity contribution in [3.8, 4) is 0 Å². The fourth-order valence-electron chi connectivity index (χ4n) is 5.03. The maximum atomic E-state index is 13.2. The van der Waals surface area contributed by atoms with Crippen molar-refractivity contribution in [1.82, 2.24) is 30.4 Å². The van der Waals surface area contributed by atoms with Gasteiger partial charge >= 0.3 is 5.91 Å². The van der Waals surface area contributed by atoms with Gasteiger partial charge in [0.15, 0.2) is 28.4 Å². The number of carbonyl (C=O) groups is 3. The fraction of sp³-hybridized carbons (Fsp3) is 0.417. The third-order valence-corrected chi connectivity index (χ3v) is 8.18. The summed E-state index contributed by atoms with van der Waals surface area (Å²) in [5.41, 5.74) is 11.9. The highest BCUT2D eigenvalue weighted by Crippen LogP contribution is 2.28. The molecule has 1 spiro atoms. The number of halogens is 2. The quantitative estimate of drug-likeness (QED) is 0.352. The average Bonchev–Trinajstić information content (AvgIpc) is 3.45. The van der Waals surface area contributed by atoms with Crippen LogP contribution in [0.2, 0.25) is 5.15 Å². The van der Waals surface area contributed by atoms with Gasteiger partial charge in [0, 0.05) is 42.7 Å². The number of nitrogens with zero attached hydrogens (tertiary/aromatic N) is 5. The summed E-state index contributed by atoms with van der Waals surface area (Å²) in [6.45, 7) is 2.59. The standard InChI is InChI=1S/C24H27ClIN9O3/c25-18-20(28)31-19(27)17(30-18)21(37)32-23-29-12-24(33-23)5-7-34(8-6-24)22(38)14-9-16(36)35(11-14)10-13-1-3-15(26)4-2-13/h1-4,14H,5-12H2,(H4,27,28,31)(H2,29,32,33,37). The molecule has 3 aliphatic heterocycles. The van der Waals surface area contributed by atoms with Crippen LogP contribution < -0.4 is 22.1 Å². The number of benzene rings is 1. The van der Waals surface area contributed by atoms with Crippen molar-refractivity contribution >= 4 is 69.5 Å². The van der Waals surface area contributed by atoms with Crippen LogP contribution in [0.25, 0.3) is 0 Å². The molecule has 6 N–H and O–H groups in total. The Hall–Kier alpha value is -3.20. The zero-order chi connectivity index (χ0) is 27.0. The second kappa shape index (κ2) is 10.5. The summed E-state index contributed by atoms with van der Waals surface area (Å²) < 4.78 is 1.14. The molecule has 3 aliphatic rings. The molecule has 3 amide bonds. The molecule has 1 aromatic carbocycles. The minimum absolute atomic E-state index is 0.00952. The van der Waals surface area contributed by atoms with Crippen LogP contribution >= 0.6 is 34.2 Å². The van der Waals surface area contributed by atoms with Crippen LogP contribution in [-0.4, -0.2) is 75.2 Å². The molecule has 12 nitrogen and oxygen atoms in total. The molecule has 0 aliphatic carbocycles. The molecule has 1 unspecified atom stereocenters. The summed E-state index contributed by atoms with van der Waals surface area (Å²) in [7, 11) is 0. The summed E-state index contributed by atoms with van der Waals surface area (Å²) in [4.78, 5) is 53.8. The summed E-state index contributed by atoms with van der Waals surface area (Å²) in [5.74, 6) is -0.912. The van der Waals surface area contributed by atoms with E-state index in [1.807, 2.05) is 29.2 Å². The van der Waals surface area contributed by atoms with Crippen molar-refractivity contribution in [2.75, 3.05) is 37.6 Å². The highest BCUT2D eigenvalue weighted by molar-refractivity contribution is 14.1. The lowest BCUT2D eigenvalue weighted by molar-refractivity contribution is -0.137. The molecule has 38 heavy (non-hydrogen) atoms. The molecular formula is C24H27ClIN9O3. The number of likely N-dealkylation sites (tertiary alicyclic amines) is 2. The Morgan fingerprint density at radius 1 is 1.16 bits per heavy atom. The van der Waals surface area contributed by atoms with Crippen molar-refractivity contribution in [3.05, 3.63) is 44.2 Å². The van der Waals surface area contributed by atoms with Crippen molar-refractivity contribution in [2.45, 2.75) is 31.3 Å². The van der Waals surface area contributed by atoms with Crippen molar-refractivity contribution < 1.29 is 14.4 Å². The molecule has 5 rings (SSSR count). The van der Waals surface area contributed by atoms with E-state index < -0.39 is 5.91 Å². The predicted molar refractivity (Wildman–Crippen MR) is 150 cm³/mol. The highest BCUT2D eigenvalue weighted by atomic mass is 127. The highest BCUT2D eigenvalue weighted by Gasteiger charge is 2.43. The van der Waals surface area contributed by atoms with Crippen LogP contribution in [0.3, 0.4) is 0 Å². The zero-order valence-electron chi connectivity index (χ0n) is 20.4. The van der Waals surface area contributed by atoms with E-state index in [0.29, 0.717) is 51.5 Å². The van der Waals surface area contributed by atoms with E-state index in [4.69, 9.17) is 23.1 Å². The number of nitrogens with one attached hydrogen (secondary N) is 2. The van der Waals surface area contributed by atoms with Gasteiger partial charge < -0.3 is 31.9 Å². The first-order valence-corrected chi connectivity index (χ1v) is 13.6. The molecule has 3 saturated heterocycles. The van der Waals surface area contributed by atoms with Gasteiger partial charge in [-0.05, 0) is 53.1 Å². The maximum absolute atomic E-state index is 13.2. The molecule has 3 fully saturated rings.